The molecule has 0 aliphatic carbocycles. The Labute approximate surface area is 218 Å². The fourth-order valence-corrected chi connectivity index (χ4v) is 4.91. The van der Waals surface area contributed by atoms with Gasteiger partial charge in [0.05, 0.1) is 22.4 Å². The summed E-state index contributed by atoms with van der Waals surface area (Å²) in [5.74, 6) is 0.510. The van der Waals surface area contributed by atoms with E-state index in [9.17, 15) is 4.79 Å². The number of carbonyl (C=O) groups excluding carboxylic acids is 1. The van der Waals surface area contributed by atoms with Crippen molar-refractivity contribution in [1.29, 1.82) is 0 Å². The predicted molar refractivity (Wildman–Crippen MR) is 143 cm³/mol. The van der Waals surface area contributed by atoms with Gasteiger partial charge < -0.3 is 24.8 Å². The lowest BCUT2D eigenvalue weighted by Crippen LogP contribution is -2.30. The number of aromatic nitrogens is 3. The van der Waals surface area contributed by atoms with Crippen molar-refractivity contribution in [2.24, 2.45) is 0 Å². The second kappa shape index (κ2) is 10.4. The lowest BCUT2D eigenvalue weighted by Gasteiger charge is -2.29. The summed E-state index contributed by atoms with van der Waals surface area (Å²) in [6.07, 6.45) is 5.51. The van der Waals surface area contributed by atoms with Crippen molar-refractivity contribution in [3.05, 3.63) is 102 Å². The molecule has 0 unspecified atom stereocenters. The fourth-order valence-electron chi connectivity index (χ4n) is 4.35. The minimum atomic E-state index is -0.285. The second-order valence-electron chi connectivity index (χ2n) is 8.13. The molecule has 36 heavy (non-hydrogen) atoms. The normalized spacial score (nSPS) is 17.2. The Hall–Kier alpha value is -3.79. The number of hydrogen-bond donors (Lipinski definition) is 2. The van der Waals surface area contributed by atoms with Crippen molar-refractivity contribution < 1.29 is 9.53 Å². The van der Waals surface area contributed by atoms with Gasteiger partial charge in [-0.3, -0.25) is 9.78 Å². The SMILES string of the molecule is COCC(=O)Nc1ccc(N2C(=S)N[C@H](c3ccccn3)[C@@H]2c2cccn2-c2ccccn2)cc1Cl. The van der Waals surface area contributed by atoms with Crippen LogP contribution in [0.2, 0.25) is 5.02 Å². The van der Waals surface area contributed by atoms with E-state index in [2.05, 4.69) is 26.7 Å². The molecule has 0 saturated carbocycles. The Morgan fingerprint density at radius 1 is 1.11 bits per heavy atom. The molecule has 0 spiro atoms. The highest BCUT2D eigenvalue weighted by Crippen LogP contribution is 2.43. The number of halogens is 1. The van der Waals surface area contributed by atoms with Crippen LogP contribution in [0, 0.1) is 0 Å². The van der Waals surface area contributed by atoms with E-state index in [0.717, 1.165) is 22.9 Å². The second-order valence-corrected chi connectivity index (χ2v) is 8.93. The van der Waals surface area contributed by atoms with Crippen LogP contribution in [0.25, 0.3) is 5.82 Å². The summed E-state index contributed by atoms with van der Waals surface area (Å²) in [6.45, 7) is -0.0590. The smallest absolute Gasteiger partial charge is 0.250 e. The van der Waals surface area contributed by atoms with Gasteiger partial charge in [0.2, 0.25) is 5.91 Å². The molecule has 3 aromatic heterocycles. The molecule has 182 valence electrons. The van der Waals surface area contributed by atoms with Crippen LogP contribution >= 0.6 is 23.8 Å². The molecule has 2 atom stereocenters. The van der Waals surface area contributed by atoms with Gasteiger partial charge in [-0.2, -0.15) is 0 Å². The molecule has 1 aliphatic heterocycles. The molecule has 0 radical (unpaired) electrons. The van der Waals surface area contributed by atoms with Crippen LogP contribution in [0.15, 0.2) is 85.3 Å². The molecule has 4 heterocycles. The van der Waals surface area contributed by atoms with Crippen molar-refractivity contribution in [1.82, 2.24) is 19.9 Å². The van der Waals surface area contributed by atoms with Gasteiger partial charge in [-0.05, 0) is 66.8 Å². The van der Waals surface area contributed by atoms with Crippen LogP contribution in [0.5, 0.6) is 0 Å². The Morgan fingerprint density at radius 2 is 1.92 bits per heavy atom. The van der Waals surface area contributed by atoms with E-state index in [1.807, 2.05) is 64.2 Å². The summed E-state index contributed by atoms with van der Waals surface area (Å²) < 4.78 is 6.94. The zero-order valence-electron chi connectivity index (χ0n) is 19.3. The molecule has 4 aromatic rings. The van der Waals surface area contributed by atoms with Crippen molar-refractivity contribution in [2.45, 2.75) is 12.1 Å². The number of carbonyl (C=O) groups is 1. The number of hydrogen-bond acceptors (Lipinski definition) is 5. The minimum Gasteiger partial charge on any atom is -0.375 e. The maximum absolute atomic E-state index is 12.0. The van der Waals surface area contributed by atoms with E-state index < -0.39 is 0 Å². The molecule has 1 amide bonds. The topological polar surface area (TPSA) is 84.3 Å². The highest BCUT2D eigenvalue weighted by molar-refractivity contribution is 7.80. The summed E-state index contributed by atoms with van der Waals surface area (Å²) in [5, 5.41) is 7.14. The summed E-state index contributed by atoms with van der Waals surface area (Å²) >= 11 is 12.4. The first kappa shape index (κ1) is 23.9. The zero-order valence-corrected chi connectivity index (χ0v) is 20.9. The maximum atomic E-state index is 12.0. The fraction of sp³-hybridized carbons (Fsp3) is 0.154. The molecular weight excluding hydrogens is 496 g/mol. The monoisotopic (exact) mass is 518 g/mol. The van der Waals surface area contributed by atoms with Crippen LogP contribution in [-0.2, 0) is 9.53 Å². The zero-order chi connectivity index (χ0) is 25.1. The average Bonchev–Trinajstić information content (AvgIpc) is 3.51. The van der Waals surface area contributed by atoms with Gasteiger partial charge in [-0.15, -0.1) is 0 Å². The average molecular weight is 519 g/mol. The number of thiocarbonyl (C=S) groups is 1. The van der Waals surface area contributed by atoms with Gasteiger partial charge in [0.1, 0.15) is 18.5 Å². The van der Waals surface area contributed by atoms with Crippen molar-refractivity contribution in [2.75, 3.05) is 23.9 Å². The molecular formula is C26H23ClN6O2S. The third-order valence-corrected chi connectivity index (χ3v) is 6.49. The molecule has 1 saturated heterocycles. The summed E-state index contributed by atoms with van der Waals surface area (Å²) in [5.41, 5.74) is 3.11. The Kier molecular flexibility index (Phi) is 6.95. The van der Waals surface area contributed by atoms with Gasteiger partial charge in [-0.25, -0.2) is 4.98 Å². The molecule has 8 nitrogen and oxygen atoms in total. The lowest BCUT2D eigenvalue weighted by atomic mass is 10.0. The highest BCUT2D eigenvalue weighted by Gasteiger charge is 2.42. The Morgan fingerprint density at radius 3 is 2.61 bits per heavy atom. The van der Waals surface area contributed by atoms with Crippen LogP contribution in [0.3, 0.4) is 0 Å². The third-order valence-electron chi connectivity index (χ3n) is 5.86. The van der Waals surface area contributed by atoms with Crippen LogP contribution < -0.4 is 15.5 Å². The Bertz CT molecular complexity index is 1380. The molecule has 5 rings (SSSR count). The number of pyridine rings is 2. The van der Waals surface area contributed by atoms with Crippen LogP contribution in [0.4, 0.5) is 11.4 Å². The van der Waals surface area contributed by atoms with E-state index in [-0.39, 0.29) is 24.6 Å². The number of rotatable bonds is 7. The summed E-state index contributed by atoms with van der Waals surface area (Å²) in [6, 6.07) is 20.6. The van der Waals surface area contributed by atoms with Crippen molar-refractivity contribution >= 4 is 46.2 Å². The molecule has 1 aliphatic rings. The van der Waals surface area contributed by atoms with E-state index in [0.29, 0.717) is 15.8 Å². The molecule has 0 bridgehead atoms. The van der Waals surface area contributed by atoms with Crippen LogP contribution in [0.1, 0.15) is 23.5 Å². The summed E-state index contributed by atoms with van der Waals surface area (Å²) in [7, 11) is 1.46. The predicted octanol–water partition coefficient (Wildman–Crippen LogP) is 4.68. The quantitative estimate of drug-likeness (QED) is 0.343. The number of nitrogens with zero attached hydrogens (tertiary/aromatic N) is 4. The number of amides is 1. The lowest BCUT2D eigenvalue weighted by molar-refractivity contribution is -0.119. The number of benzene rings is 1. The van der Waals surface area contributed by atoms with Gasteiger partial charge in [0.25, 0.3) is 0 Å². The molecule has 10 heteroatoms. The first-order valence-corrected chi connectivity index (χ1v) is 12.0. The van der Waals surface area contributed by atoms with E-state index in [4.69, 9.17) is 28.6 Å². The van der Waals surface area contributed by atoms with E-state index in [1.165, 1.54) is 7.11 Å². The van der Waals surface area contributed by atoms with Crippen LogP contribution in [-0.4, -0.2) is 39.3 Å². The Balaban J connectivity index is 1.58. The molecule has 1 fully saturated rings. The van der Waals surface area contributed by atoms with E-state index >= 15 is 0 Å². The molecule has 2 N–H and O–H groups in total. The molecule has 1 aromatic carbocycles. The largest absolute Gasteiger partial charge is 0.375 e. The number of ether oxygens (including phenoxy) is 1. The van der Waals surface area contributed by atoms with Gasteiger partial charge >= 0.3 is 0 Å². The first-order valence-electron chi connectivity index (χ1n) is 11.2. The third kappa shape index (κ3) is 4.68. The highest BCUT2D eigenvalue weighted by atomic mass is 35.5. The maximum Gasteiger partial charge on any atom is 0.250 e. The van der Waals surface area contributed by atoms with Gasteiger partial charge in [-0.1, -0.05) is 23.7 Å². The standard InChI is InChI=1S/C26H23ClN6O2S/c1-35-16-23(34)30-19-11-10-17(15-18(19)27)33-25(24(31-26(33)36)20-7-2-4-12-28-20)21-8-6-14-32(21)22-9-3-5-13-29-22/h2-15,24-25H,16H2,1H3,(H,30,34)(H,31,36)/t24-,25+/m1/s1. The number of anilines is 2. The number of nitrogens with one attached hydrogen (secondary N) is 2. The van der Waals surface area contributed by atoms with Crippen molar-refractivity contribution in [3.63, 3.8) is 0 Å². The van der Waals surface area contributed by atoms with Crippen molar-refractivity contribution in [3.8, 4) is 5.82 Å². The minimum absolute atomic E-state index is 0.0590. The van der Waals surface area contributed by atoms with Gasteiger partial charge in [0, 0.05) is 37.1 Å². The van der Waals surface area contributed by atoms with E-state index in [1.54, 1.807) is 24.5 Å². The van der Waals surface area contributed by atoms with Gasteiger partial charge in [0.15, 0.2) is 5.11 Å². The first-order chi connectivity index (χ1) is 17.6. The summed E-state index contributed by atoms with van der Waals surface area (Å²) in [4.78, 5) is 23.2. The number of methoxy groups -OCH3 is 1.